The van der Waals surface area contributed by atoms with Gasteiger partial charge >= 0.3 is 0 Å². The van der Waals surface area contributed by atoms with Crippen molar-refractivity contribution in [3.8, 4) is 0 Å². The van der Waals surface area contributed by atoms with Crippen molar-refractivity contribution in [2.45, 2.75) is 4.90 Å². The predicted octanol–water partition coefficient (Wildman–Crippen LogP) is 0.936. The zero-order valence-electron chi connectivity index (χ0n) is 11.3. The molecule has 116 valence electrons. The molecule has 0 unspecified atom stereocenters. The van der Waals surface area contributed by atoms with Crippen LogP contribution in [0.2, 0.25) is 0 Å². The van der Waals surface area contributed by atoms with Gasteiger partial charge in [0.15, 0.2) is 0 Å². The minimum Gasteiger partial charge on any atom is -0.280 e. The highest BCUT2D eigenvalue weighted by atomic mass is 32.2. The van der Waals surface area contributed by atoms with Gasteiger partial charge in [-0.15, -0.1) is 0 Å². The minimum atomic E-state index is -4.02. The molecule has 1 N–H and O–H groups in total. The molecule has 0 spiro atoms. The van der Waals surface area contributed by atoms with Crippen LogP contribution >= 0.6 is 24.4 Å². The predicted molar refractivity (Wildman–Crippen MR) is 93.0 cm³/mol. The molecule has 0 aliphatic heterocycles. The van der Waals surface area contributed by atoms with E-state index in [-0.39, 0.29) is 21.0 Å². The number of anilines is 1. The fraction of sp³-hybridized carbons (Fsp3) is 0. The summed E-state index contributed by atoms with van der Waals surface area (Å²) >= 11 is 9.32. The van der Waals surface area contributed by atoms with E-state index < -0.39 is 14.9 Å². The third-order valence-corrected chi connectivity index (χ3v) is 4.69. The maximum atomic E-state index is 12.5. The lowest BCUT2D eigenvalue weighted by atomic mass is 10.2. The first-order valence-electron chi connectivity index (χ1n) is 6.06. The first-order valence-corrected chi connectivity index (χ1v) is 8.36. The molecule has 0 aromatic heterocycles. The van der Waals surface area contributed by atoms with E-state index in [1.165, 1.54) is 0 Å². The van der Waals surface area contributed by atoms with Crippen LogP contribution in [0.3, 0.4) is 0 Å². The third-order valence-electron chi connectivity index (χ3n) is 2.86. The van der Waals surface area contributed by atoms with E-state index in [0.717, 1.165) is 12.1 Å². The highest BCUT2D eigenvalue weighted by Gasteiger charge is 2.21. The van der Waals surface area contributed by atoms with E-state index in [1.807, 2.05) is 0 Å². The van der Waals surface area contributed by atoms with Crippen LogP contribution in [0.1, 0.15) is 0 Å². The Balaban J connectivity index is 2.73. The number of nitro groups is 1. The molecule has 2 aromatic carbocycles. The molecule has 0 amide bonds. The summed E-state index contributed by atoms with van der Waals surface area (Å²) in [7, 11) is -4.02. The van der Waals surface area contributed by atoms with Gasteiger partial charge in [0.25, 0.3) is 15.7 Å². The number of hydrogen-bond donors (Lipinski definition) is 1. The molecule has 2 aromatic rings. The van der Waals surface area contributed by atoms with Crippen LogP contribution in [-0.2, 0) is 10.0 Å². The topological polar surface area (TPSA) is 89.3 Å². The summed E-state index contributed by atoms with van der Waals surface area (Å²) in [5.41, 5.74) is -0.0416. The van der Waals surface area contributed by atoms with Crippen LogP contribution < -0.4 is 15.2 Å². The second-order valence-corrected chi connectivity index (χ2v) is 6.32. The summed E-state index contributed by atoms with van der Waals surface area (Å²) in [4.78, 5) is 10.0. The fourth-order valence-electron chi connectivity index (χ4n) is 1.87. The number of non-ortho nitro benzene ring substituents is 1. The molecule has 0 fully saturated rings. The van der Waals surface area contributed by atoms with Crippen LogP contribution in [0.15, 0.2) is 47.4 Å². The Labute approximate surface area is 142 Å². The van der Waals surface area contributed by atoms with Gasteiger partial charge in [0.2, 0.25) is 0 Å². The van der Waals surface area contributed by atoms with Gasteiger partial charge in [0.1, 0.15) is 10.1 Å². The average Bonchev–Trinajstić information content (AvgIpc) is 2.53. The second-order valence-electron chi connectivity index (χ2n) is 4.27. The maximum Gasteiger partial charge on any atom is 0.286 e. The molecule has 0 heterocycles. The van der Waals surface area contributed by atoms with Gasteiger partial charge in [-0.1, -0.05) is 18.2 Å². The Hall–Kier alpha value is -2.41. The summed E-state index contributed by atoms with van der Waals surface area (Å²) in [6.45, 7) is 0. The smallest absolute Gasteiger partial charge is 0.280 e. The summed E-state index contributed by atoms with van der Waals surface area (Å²) in [5.74, 6) is 0. The molecule has 9 heteroatoms. The Bertz CT molecular complexity index is 1040. The SMILES string of the molecule is O=[N+]([O-])c1ccc(S(=O)(=O)Nc2ccccc2)c(=C=S)c1=C=S. The largest absolute Gasteiger partial charge is 0.286 e. The van der Waals surface area contributed by atoms with Crippen molar-refractivity contribution in [2.75, 3.05) is 4.72 Å². The zero-order valence-corrected chi connectivity index (χ0v) is 13.8. The molecule has 0 bridgehead atoms. The number of rotatable bonds is 4. The van der Waals surface area contributed by atoms with Crippen molar-refractivity contribution >= 4 is 55.9 Å². The first-order chi connectivity index (χ1) is 10.9. The van der Waals surface area contributed by atoms with Crippen molar-refractivity contribution in [2.24, 2.45) is 0 Å². The molecule has 0 radical (unpaired) electrons. The molecular formula is C14H8N2O4S3. The monoisotopic (exact) mass is 364 g/mol. The lowest BCUT2D eigenvalue weighted by Crippen LogP contribution is -2.35. The summed E-state index contributed by atoms with van der Waals surface area (Å²) in [6.07, 6.45) is 0. The standard InChI is InChI=1S/C14H8N2O4S3/c17-16(18)13-6-7-14(12(9-22)11(13)8-21)23(19,20)15-10-4-2-1-3-5-10/h1-7,15H. The third kappa shape index (κ3) is 3.50. The average molecular weight is 364 g/mol. The molecule has 0 saturated carbocycles. The molecule has 0 aliphatic carbocycles. The van der Waals surface area contributed by atoms with E-state index >= 15 is 0 Å². The molecule has 0 atom stereocenters. The van der Waals surface area contributed by atoms with Crippen LogP contribution in [0.5, 0.6) is 0 Å². The minimum absolute atomic E-state index is 0.160. The highest BCUT2D eigenvalue weighted by Crippen LogP contribution is 2.13. The van der Waals surface area contributed by atoms with Crippen molar-refractivity contribution < 1.29 is 13.3 Å². The Kier molecular flexibility index (Phi) is 5.00. The number of nitrogens with one attached hydrogen (secondary N) is 1. The summed E-state index contributed by atoms with van der Waals surface area (Å²) in [5, 5.41) is 15.1. The Morgan fingerprint density at radius 2 is 1.61 bits per heavy atom. The lowest BCUT2D eigenvalue weighted by Gasteiger charge is -2.08. The quantitative estimate of drug-likeness (QED) is 0.493. The maximum absolute atomic E-state index is 12.5. The first kappa shape index (κ1) is 17.0. The number of benzene rings is 2. The van der Waals surface area contributed by atoms with Crippen molar-refractivity contribution in [1.29, 1.82) is 0 Å². The normalized spacial score (nSPS) is 10.4. The highest BCUT2D eigenvalue weighted by molar-refractivity contribution is 7.92. The number of thiocarbonyl (C=S) groups is 2. The molecule has 6 nitrogen and oxygen atoms in total. The molecule has 0 aliphatic rings. The van der Waals surface area contributed by atoms with Crippen LogP contribution in [0, 0.1) is 10.1 Å². The summed E-state index contributed by atoms with van der Waals surface area (Å²) < 4.78 is 27.4. The molecule has 2 rings (SSSR count). The van der Waals surface area contributed by atoms with Crippen LogP contribution in [-0.4, -0.2) is 23.4 Å². The number of nitrogens with zero attached hydrogens (tertiary/aromatic N) is 1. The van der Waals surface area contributed by atoms with E-state index in [0.29, 0.717) is 5.69 Å². The summed E-state index contributed by atoms with van der Waals surface area (Å²) in [6, 6.07) is 10.3. The van der Waals surface area contributed by atoms with Gasteiger partial charge in [0.05, 0.1) is 10.1 Å². The van der Waals surface area contributed by atoms with Gasteiger partial charge in [0, 0.05) is 11.8 Å². The number of hydrogen-bond acceptors (Lipinski definition) is 6. The fourth-order valence-corrected chi connectivity index (χ4v) is 3.58. The van der Waals surface area contributed by atoms with E-state index in [4.69, 9.17) is 0 Å². The number of para-hydroxylation sites is 1. The number of sulfonamides is 1. The van der Waals surface area contributed by atoms with Gasteiger partial charge in [-0.25, -0.2) is 8.42 Å². The van der Waals surface area contributed by atoms with Crippen molar-refractivity contribution in [1.82, 2.24) is 0 Å². The van der Waals surface area contributed by atoms with Gasteiger partial charge in [-0.2, -0.15) is 0 Å². The number of nitro benzene ring substituents is 1. The molecule has 0 saturated heterocycles. The van der Waals surface area contributed by atoms with E-state index in [2.05, 4.69) is 39.2 Å². The van der Waals surface area contributed by atoms with E-state index in [9.17, 15) is 18.5 Å². The van der Waals surface area contributed by atoms with Gasteiger partial charge < -0.3 is 0 Å². The van der Waals surface area contributed by atoms with Crippen molar-refractivity contribution in [3.63, 3.8) is 0 Å². The molecule has 23 heavy (non-hydrogen) atoms. The Morgan fingerprint density at radius 1 is 1.00 bits per heavy atom. The van der Waals surface area contributed by atoms with Crippen molar-refractivity contribution in [3.05, 3.63) is 63.0 Å². The van der Waals surface area contributed by atoms with Gasteiger partial charge in [-0.05, 0) is 52.7 Å². The lowest BCUT2D eigenvalue weighted by molar-refractivity contribution is -0.385. The van der Waals surface area contributed by atoms with Crippen LogP contribution in [0.25, 0.3) is 0 Å². The molecular weight excluding hydrogens is 356 g/mol. The second kappa shape index (κ2) is 6.78. The van der Waals surface area contributed by atoms with E-state index in [1.54, 1.807) is 30.3 Å². The Morgan fingerprint density at radius 3 is 2.13 bits per heavy atom. The zero-order chi connectivity index (χ0) is 17.0. The van der Waals surface area contributed by atoms with Gasteiger partial charge in [-0.3, -0.25) is 14.8 Å². The van der Waals surface area contributed by atoms with Crippen LogP contribution in [0.4, 0.5) is 11.4 Å².